The van der Waals surface area contributed by atoms with Crippen LogP contribution in [0.1, 0.15) is 65.2 Å². The molecule has 1 heterocycles. The molecule has 5 aliphatic rings. The first kappa shape index (κ1) is 14.0. The predicted molar refractivity (Wildman–Crippen MR) is 81.7 cm³/mol. The lowest BCUT2D eigenvalue weighted by molar-refractivity contribution is -0.160. The van der Waals surface area contributed by atoms with Crippen LogP contribution in [0.4, 0.5) is 0 Å². The third-order valence-corrected chi connectivity index (χ3v) is 6.78. The second-order valence-electron chi connectivity index (χ2n) is 9.59. The van der Waals surface area contributed by atoms with Crippen molar-refractivity contribution in [1.29, 1.82) is 0 Å². The maximum absolute atomic E-state index is 12.7. The van der Waals surface area contributed by atoms with E-state index < -0.39 is 0 Å². The first-order valence-electron chi connectivity index (χ1n) is 8.75. The average Bonchev–Trinajstić information content (AvgIpc) is 2.70. The fourth-order valence-corrected chi connectivity index (χ4v) is 7.28. The number of β-amino-alcohol motifs (C(OH)–C–C–N with tert-alkyl or cyclic N) is 1. The van der Waals surface area contributed by atoms with Crippen LogP contribution in [0.5, 0.6) is 0 Å². The summed E-state index contributed by atoms with van der Waals surface area (Å²) in [5.74, 6) is 1.16. The fourth-order valence-electron chi connectivity index (χ4n) is 7.28. The molecule has 1 amide bonds. The van der Waals surface area contributed by atoms with E-state index in [4.69, 9.17) is 0 Å². The van der Waals surface area contributed by atoms with Crippen molar-refractivity contribution in [3.05, 3.63) is 0 Å². The van der Waals surface area contributed by atoms with Gasteiger partial charge >= 0.3 is 0 Å². The van der Waals surface area contributed by atoms with E-state index in [0.717, 1.165) is 25.3 Å². The van der Waals surface area contributed by atoms with Crippen molar-refractivity contribution in [1.82, 2.24) is 4.90 Å². The van der Waals surface area contributed by atoms with Crippen LogP contribution in [0.2, 0.25) is 0 Å². The van der Waals surface area contributed by atoms with Crippen molar-refractivity contribution in [2.75, 3.05) is 13.1 Å². The van der Waals surface area contributed by atoms with Gasteiger partial charge in [0.05, 0.1) is 6.10 Å². The first-order valence-corrected chi connectivity index (χ1v) is 8.75. The predicted octanol–water partition coefficient (Wildman–Crippen LogP) is 2.97. The van der Waals surface area contributed by atoms with Crippen LogP contribution in [0.3, 0.4) is 0 Å². The van der Waals surface area contributed by atoms with Gasteiger partial charge in [-0.3, -0.25) is 4.79 Å². The largest absolute Gasteiger partial charge is 0.391 e. The molecule has 5 fully saturated rings. The Labute approximate surface area is 128 Å². The smallest absolute Gasteiger partial charge is 0.223 e. The van der Waals surface area contributed by atoms with Crippen LogP contribution in [0, 0.1) is 22.2 Å². The zero-order valence-corrected chi connectivity index (χ0v) is 13.5. The van der Waals surface area contributed by atoms with Crippen molar-refractivity contribution < 1.29 is 9.90 Å². The molecule has 0 aromatic rings. The standard InChI is InChI=1S/C18H29NO2/c1-16-5-13-6-17(2,10-16)12-18(7-13,11-16)8-15(21)19-4-3-14(20)9-19/h13-14,20H,3-12H2,1-2H3. The van der Waals surface area contributed by atoms with Crippen LogP contribution >= 0.6 is 0 Å². The molecule has 0 aromatic carbocycles. The molecule has 0 radical (unpaired) electrons. The number of amides is 1. The molecule has 3 nitrogen and oxygen atoms in total. The molecule has 0 aromatic heterocycles. The Bertz CT molecular complexity index is 456. The van der Waals surface area contributed by atoms with Gasteiger partial charge in [0, 0.05) is 19.5 Å². The highest BCUT2D eigenvalue weighted by molar-refractivity contribution is 5.77. The minimum atomic E-state index is -0.291. The van der Waals surface area contributed by atoms with Crippen molar-refractivity contribution in [2.45, 2.75) is 71.3 Å². The van der Waals surface area contributed by atoms with Crippen LogP contribution in [0.15, 0.2) is 0 Å². The number of carbonyl (C=O) groups excluding carboxylic acids is 1. The van der Waals surface area contributed by atoms with Gasteiger partial charge in [0.25, 0.3) is 0 Å². The van der Waals surface area contributed by atoms with E-state index >= 15 is 0 Å². The average molecular weight is 291 g/mol. The molecule has 1 N–H and O–H groups in total. The molecule has 4 aliphatic carbocycles. The third kappa shape index (κ3) is 2.32. The minimum Gasteiger partial charge on any atom is -0.391 e. The van der Waals surface area contributed by atoms with Crippen LogP contribution in [-0.4, -0.2) is 35.1 Å². The topological polar surface area (TPSA) is 40.5 Å². The van der Waals surface area contributed by atoms with Crippen LogP contribution in [0.25, 0.3) is 0 Å². The van der Waals surface area contributed by atoms with Crippen molar-refractivity contribution in [2.24, 2.45) is 22.2 Å². The minimum absolute atomic E-state index is 0.271. The summed E-state index contributed by atoms with van der Waals surface area (Å²) in [4.78, 5) is 14.6. The van der Waals surface area contributed by atoms with E-state index in [9.17, 15) is 9.90 Å². The van der Waals surface area contributed by atoms with E-state index in [1.165, 1.54) is 38.5 Å². The Morgan fingerprint density at radius 1 is 1.14 bits per heavy atom. The summed E-state index contributed by atoms with van der Waals surface area (Å²) in [6, 6.07) is 0. The van der Waals surface area contributed by atoms with Gasteiger partial charge in [-0.15, -0.1) is 0 Å². The van der Waals surface area contributed by atoms with Crippen LogP contribution < -0.4 is 0 Å². The van der Waals surface area contributed by atoms with E-state index in [1.807, 2.05) is 4.90 Å². The Morgan fingerprint density at radius 2 is 1.81 bits per heavy atom. The van der Waals surface area contributed by atoms with Crippen molar-refractivity contribution >= 4 is 5.91 Å². The second kappa shape index (κ2) is 4.24. The number of aliphatic hydroxyl groups excluding tert-OH is 1. The van der Waals surface area contributed by atoms with E-state index in [0.29, 0.717) is 23.3 Å². The highest BCUT2D eigenvalue weighted by Crippen LogP contribution is 2.70. The molecule has 3 atom stereocenters. The van der Waals surface area contributed by atoms with Gasteiger partial charge in [-0.1, -0.05) is 13.8 Å². The molecule has 3 unspecified atom stereocenters. The summed E-state index contributed by atoms with van der Waals surface area (Å²) in [5, 5.41) is 9.67. The molecular formula is C18H29NO2. The Morgan fingerprint density at radius 3 is 2.33 bits per heavy atom. The zero-order chi connectivity index (χ0) is 14.9. The number of rotatable bonds is 2. The zero-order valence-electron chi connectivity index (χ0n) is 13.5. The number of carbonyl (C=O) groups is 1. The number of hydrogen-bond acceptors (Lipinski definition) is 2. The SMILES string of the molecule is CC12CC3CC(C)(C1)CC(CC(=O)N1CCC(O)C1)(C3)C2. The fraction of sp³-hybridized carbons (Fsp3) is 0.944. The molecule has 4 saturated carbocycles. The molecule has 4 bridgehead atoms. The van der Waals surface area contributed by atoms with Crippen molar-refractivity contribution in [3.63, 3.8) is 0 Å². The Balaban J connectivity index is 1.53. The normalized spacial score (nSPS) is 51.7. The van der Waals surface area contributed by atoms with Gasteiger partial charge in [0.15, 0.2) is 0 Å². The molecule has 1 aliphatic heterocycles. The highest BCUT2D eigenvalue weighted by Gasteiger charge is 2.60. The maximum atomic E-state index is 12.7. The van der Waals surface area contributed by atoms with E-state index in [-0.39, 0.29) is 11.5 Å². The Kier molecular flexibility index (Phi) is 2.84. The van der Waals surface area contributed by atoms with Crippen LogP contribution in [-0.2, 0) is 4.79 Å². The summed E-state index contributed by atoms with van der Waals surface area (Å²) in [6.45, 7) is 6.25. The molecular weight excluding hydrogens is 262 g/mol. The number of likely N-dealkylation sites (tertiary alicyclic amines) is 1. The van der Waals surface area contributed by atoms with Gasteiger partial charge in [-0.05, 0) is 67.1 Å². The number of aliphatic hydroxyl groups is 1. The first-order chi connectivity index (χ1) is 9.79. The summed E-state index contributed by atoms with van der Waals surface area (Å²) in [7, 11) is 0. The molecule has 21 heavy (non-hydrogen) atoms. The molecule has 118 valence electrons. The lowest BCUT2D eigenvalue weighted by Crippen LogP contribution is -2.56. The quantitative estimate of drug-likeness (QED) is 0.849. The summed E-state index contributed by atoms with van der Waals surface area (Å²) in [5.41, 5.74) is 1.24. The molecule has 1 saturated heterocycles. The third-order valence-electron chi connectivity index (χ3n) is 6.78. The molecule has 5 rings (SSSR count). The van der Waals surface area contributed by atoms with Crippen molar-refractivity contribution in [3.8, 4) is 0 Å². The Hall–Kier alpha value is -0.570. The van der Waals surface area contributed by atoms with E-state index in [2.05, 4.69) is 13.8 Å². The van der Waals surface area contributed by atoms with E-state index in [1.54, 1.807) is 0 Å². The highest BCUT2D eigenvalue weighted by atomic mass is 16.3. The molecule has 0 spiro atoms. The van der Waals surface area contributed by atoms with Gasteiger partial charge < -0.3 is 10.0 Å². The maximum Gasteiger partial charge on any atom is 0.223 e. The van der Waals surface area contributed by atoms with Gasteiger partial charge in [-0.2, -0.15) is 0 Å². The lowest BCUT2D eigenvalue weighted by Gasteiger charge is -2.65. The van der Waals surface area contributed by atoms with Gasteiger partial charge in [0.2, 0.25) is 5.91 Å². The summed E-state index contributed by atoms with van der Waals surface area (Å²) < 4.78 is 0. The molecule has 3 heteroatoms. The monoisotopic (exact) mass is 291 g/mol. The lowest BCUT2D eigenvalue weighted by atomic mass is 9.40. The van der Waals surface area contributed by atoms with Gasteiger partial charge in [-0.25, -0.2) is 0 Å². The summed E-state index contributed by atoms with van der Waals surface area (Å²) in [6.07, 6.45) is 9.15. The number of hydrogen-bond donors (Lipinski definition) is 1. The number of nitrogens with zero attached hydrogens (tertiary/aromatic N) is 1. The summed E-state index contributed by atoms with van der Waals surface area (Å²) >= 11 is 0. The second-order valence-corrected chi connectivity index (χ2v) is 9.59. The van der Waals surface area contributed by atoms with Gasteiger partial charge in [0.1, 0.15) is 0 Å².